The van der Waals surface area contributed by atoms with Gasteiger partial charge >= 0.3 is 0 Å². The molecule has 5 nitrogen and oxygen atoms in total. The van der Waals surface area contributed by atoms with Gasteiger partial charge in [0.2, 0.25) is 11.8 Å². The van der Waals surface area contributed by atoms with E-state index < -0.39 is 6.04 Å². The number of rotatable bonds is 12. The predicted molar refractivity (Wildman–Crippen MR) is 106 cm³/mol. The largest absolute Gasteiger partial charge is 0.381 e. The van der Waals surface area contributed by atoms with E-state index >= 15 is 0 Å². The summed E-state index contributed by atoms with van der Waals surface area (Å²) in [7, 11) is 0. The van der Waals surface area contributed by atoms with Gasteiger partial charge in [-0.2, -0.15) is 0 Å². The third-order valence-electron chi connectivity index (χ3n) is 3.31. The highest BCUT2D eigenvalue weighted by molar-refractivity contribution is 9.10. The standard InChI is InChI=1S/C18H27BrN2O3S/c1-3-4-10-24-11-6-9-20-18(23)17(21-14(2)22)13-25-16-8-5-7-15(19)12-16/h5,7-8,12,17H,3-4,6,9-11,13H2,1-2H3,(H,20,23)(H,21,22). The molecule has 7 heteroatoms. The SMILES string of the molecule is CCCCOCCCNC(=O)C(CSc1cccc(Br)c1)NC(C)=O. The maximum absolute atomic E-state index is 12.3. The van der Waals surface area contributed by atoms with Crippen LogP contribution in [0.15, 0.2) is 33.6 Å². The molecule has 1 atom stereocenters. The van der Waals surface area contributed by atoms with Gasteiger partial charge in [-0.3, -0.25) is 9.59 Å². The number of hydrogen-bond acceptors (Lipinski definition) is 4. The fourth-order valence-corrected chi connectivity index (χ4v) is 3.55. The van der Waals surface area contributed by atoms with Gasteiger partial charge in [0.1, 0.15) is 6.04 Å². The third-order valence-corrected chi connectivity index (χ3v) is 4.89. The number of halogens is 1. The van der Waals surface area contributed by atoms with Crippen molar-refractivity contribution in [2.45, 2.75) is 44.0 Å². The molecule has 0 aliphatic heterocycles. The van der Waals surface area contributed by atoms with Crippen molar-refractivity contribution in [1.29, 1.82) is 0 Å². The van der Waals surface area contributed by atoms with Crippen LogP contribution in [-0.2, 0) is 14.3 Å². The van der Waals surface area contributed by atoms with E-state index in [1.54, 1.807) is 0 Å². The first-order valence-electron chi connectivity index (χ1n) is 8.54. The number of ether oxygens (including phenoxy) is 1. The van der Waals surface area contributed by atoms with E-state index in [-0.39, 0.29) is 11.8 Å². The molecule has 0 radical (unpaired) electrons. The van der Waals surface area contributed by atoms with E-state index in [9.17, 15) is 9.59 Å². The van der Waals surface area contributed by atoms with Gasteiger partial charge in [-0.1, -0.05) is 35.3 Å². The van der Waals surface area contributed by atoms with Crippen molar-refractivity contribution < 1.29 is 14.3 Å². The second kappa shape index (κ2) is 13.2. The van der Waals surface area contributed by atoms with Gasteiger partial charge in [-0.05, 0) is 31.0 Å². The smallest absolute Gasteiger partial charge is 0.243 e. The van der Waals surface area contributed by atoms with Crippen LogP contribution in [0.25, 0.3) is 0 Å². The lowest BCUT2D eigenvalue weighted by Gasteiger charge is -2.17. The zero-order valence-electron chi connectivity index (χ0n) is 14.8. The van der Waals surface area contributed by atoms with E-state index in [1.165, 1.54) is 18.7 Å². The summed E-state index contributed by atoms with van der Waals surface area (Å²) in [5.41, 5.74) is 0. The van der Waals surface area contributed by atoms with E-state index in [1.807, 2.05) is 24.3 Å². The number of nitrogens with one attached hydrogen (secondary N) is 2. The number of amides is 2. The van der Waals surface area contributed by atoms with Crippen molar-refractivity contribution in [2.24, 2.45) is 0 Å². The van der Waals surface area contributed by atoms with Gasteiger partial charge in [0.05, 0.1) is 0 Å². The molecular weight excluding hydrogens is 404 g/mol. The normalized spacial score (nSPS) is 11.8. The van der Waals surface area contributed by atoms with Crippen LogP contribution in [0.5, 0.6) is 0 Å². The molecule has 25 heavy (non-hydrogen) atoms. The number of benzene rings is 1. The Labute approximate surface area is 162 Å². The minimum atomic E-state index is -0.553. The van der Waals surface area contributed by atoms with Crippen LogP contribution in [0.1, 0.15) is 33.1 Å². The number of carbonyl (C=O) groups is 2. The summed E-state index contributed by atoms with van der Waals surface area (Å²) in [6.45, 7) is 5.49. The fraction of sp³-hybridized carbons (Fsp3) is 0.556. The van der Waals surface area contributed by atoms with Crippen molar-refractivity contribution in [3.05, 3.63) is 28.7 Å². The van der Waals surface area contributed by atoms with Crippen LogP contribution in [0, 0.1) is 0 Å². The van der Waals surface area contributed by atoms with Crippen molar-refractivity contribution >= 4 is 39.5 Å². The predicted octanol–water partition coefficient (Wildman–Crippen LogP) is 3.37. The number of unbranched alkanes of at least 4 members (excludes halogenated alkanes) is 1. The lowest BCUT2D eigenvalue weighted by molar-refractivity contribution is -0.127. The number of hydrogen-bond donors (Lipinski definition) is 2. The molecule has 0 saturated carbocycles. The molecule has 0 aromatic heterocycles. The lowest BCUT2D eigenvalue weighted by atomic mass is 10.3. The molecule has 0 aliphatic rings. The average molecular weight is 431 g/mol. The van der Waals surface area contributed by atoms with Crippen molar-refractivity contribution in [3.63, 3.8) is 0 Å². The molecule has 140 valence electrons. The quantitative estimate of drug-likeness (QED) is 0.394. The Kier molecular flexibility index (Phi) is 11.6. The van der Waals surface area contributed by atoms with E-state index in [0.717, 1.165) is 35.2 Å². The second-order valence-electron chi connectivity index (χ2n) is 5.63. The Balaban J connectivity index is 2.37. The molecule has 2 amide bonds. The molecule has 1 unspecified atom stereocenters. The summed E-state index contributed by atoms with van der Waals surface area (Å²) in [4.78, 5) is 24.7. The third kappa shape index (κ3) is 10.5. The molecular formula is C18H27BrN2O3S. The van der Waals surface area contributed by atoms with Crippen LogP contribution in [0.4, 0.5) is 0 Å². The summed E-state index contributed by atoms with van der Waals surface area (Å²) in [6, 6.07) is 7.30. The molecule has 0 bridgehead atoms. The van der Waals surface area contributed by atoms with Crippen LogP contribution < -0.4 is 10.6 Å². The summed E-state index contributed by atoms with van der Waals surface area (Å²) < 4.78 is 6.45. The topological polar surface area (TPSA) is 67.4 Å². The molecule has 0 aliphatic carbocycles. The fourth-order valence-electron chi connectivity index (χ4n) is 2.02. The Bertz CT molecular complexity index is 543. The Hall–Kier alpha value is -1.05. The summed E-state index contributed by atoms with van der Waals surface area (Å²) >= 11 is 4.96. The van der Waals surface area contributed by atoms with Gasteiger partial charge in [0.15, 0.2) is 0 Å². The summed E-state index contributed by atoms with van der Waals surface area (Å²) in [6.07, 6.45) is 2.94. The van der Waals surface area contributed by atoms with E-state index in [0.29, 0.717) is 18.9 Å². The van der Waals surface area contributed by atoms with Gasteiger partial charge in [0.25, 0.3) is 0 Å². The molecule has 1 aromatic carbocycles. The maximum Gasteiger partial charge on any atom is 0.243 e. The highest BCUT2D eigenvalue weighted by atomic mass is 79.9. The van der Waals surface area contributed by atoms with Crippen molar-refractivity contribution in [2.75, 3.05) is 25.5 Å². The van der Waals surface area contributed by atoms with E-state index in [2.05, 4.69) is 33.5 Å². The number of carbonyl (C=O) groups excluding carboxylic acids is 2. The maximum atomic E-state index is 12.3. The average Bonchev–Trinajstić information content (AvgIpc) is 2.57. The van der Waals surface area contributed by atoms with E-state index in [4.69, 9.17) is 4.74 Å². The van der Waals surface area contributed by atoms with Gasteiger partial charge in [-0.25, -0.2) is 0 Å². The van der Waals surface area contributed by atoms with Gasteiger partial charge in [0, 0.05) is 41.8 Å². The zero-order chi connectivity index (χ0) is 18.5. The van der Waals surface area contributed by atoms with Crippen LogP contribution in [0.2, 0.25) is 0 Å². The Morgan fingerprint density at radius 3 is 2.72 bits per heavy atom. The van der Waals surface area contributed by atoms with Gasteiger partial charge in [-0.15, -0.1) is 11.8 Å². The van der Waals surface area contributed by atoms with Crippen LogP contribution in [0.3, 0.4) is 0 Å². The molecule has 0 spiro atoms. The first-order valence-corrected chi connectivity index (χ1v) is 10.3. The zero-order valence-corrected chi connectivity index (χ0v) is 17.2. The van der Waals surface area contributed by atoms with Crippen molar-refractivity contribution in [3.8, 4) is 0 Å². The minimum Gasteiger partial charge on any atom is -0.381 e. The molecule has 2 N–H and O–H groups in total. The van der Waals surface area contributed by atoms with Crippen molar-refractivity contribution in [1.82, 2.24) is 10.6 Å². The summed E-state index contributed by atoms with van der Waals surface area (Å²) in [5, 5.41) is 5.59. The number of thioether (sulfide) groups is 1. The first-order chi connectivity index (χ1) is 12.0. The minimum absolute atomic E-state index is 0.161. The molecule has 1 rings (SSSR count). The monoisotopic (exact) mass is 430 g/mol. The van der Waals surface area contributed by atoms with Crippen LogP contribution in [-0.4, -0.2) is 43.4 Å². The molecule has 0 heterocycles. The highest BCUT2D eigenvalue weighted by Gasteiger charge is 2.19. The Morgan fingerprint density at radius 1 is 1.28 bits per heavy atom. The Morgan fingerprint density at radius 2 is 2.04 bits per heavy atom. The van der Waals surface area contributed by atoms with Crippen LogP contribution >= 0.6 is 27.7 Å². The molecule has 0 saturated heterocycles. The van der Waals surface area contributed by atoms with Gasteiger partial charge < -0.3 is 15.4 Å². The second-order valence-corrected chi connectivity index (χ2v) is 7.64. The summed E-state index contributed by atoms with van der Waals surface area (Å²) in [5.74, 6) is 0.110. The first kappa shape index (κ1) is 22.0. The molecule has 0 fully saturated rings. The lowest BCUT2D eigenvalue weighted by Crippen LogP contribution is -2.47. The highest BCUT2D eigenvalue weighted by Crippen LogP contribution is 2.22. The molecule has 1 aromatic rings.